The van der Waals surface area contributed by atoms with Gasteiger partial charge in [-0.2, -0.15) is 0 Å². The first kappa shape index (κ1) is 9.05. The molecule has 1 aliphatic rings. The molecule has 68 valence electrons. The Bertz CT molecular complexity index is 291. The summed E-state index contributed by atoms with van der Waals surface area (Å²) in [5.41, 5.74) is 0. The summed E-state index contributed by atoms with van der Waals surface area (Å²) in [6.07, 6.45) is 1.09. The Hall–Kier alpha value is -1.04. The predicted octanol–water partition coefficient (Wildman–Crippen LogP) is 0.348. The van der Waals surface area contributed by atoms with Crippen LogP contribution in [0.5, 0.6) is 0 Å². The van der Waals surface area contributed by atoms with Crippen molar-refractivity contribution in [2.75, 3.05) is 0 Å². The highest BCUT2D eigenvalue weighted by Crippen LogP contribution is 2.27. The van der Waals surface area contributed by atoms with Crippen LogP contribution in [0, 0.1) is 0 Å². The Morgan fingerprint density at radius 2 is 2.17 bits per heavy atom. The first-order valence-corrected chi connectivity index (χ1v) is 4.94. The number of hydrogen-bond acceptors (Lipinski definition) is 4. The number of ether oxygens (including phenoxy) is 1. The quantitative estimate of drug-likeness (QED) is 0.653. The van der Waals surface area contributed by atoms with Gasteiger partial charge in [-0.05, 0) is 12.8 Å². The average Bonchev–Trinajstić information content (AvgIpc) is 2.65. The molecule has 0 unspecified atom stereocenters. The lowest BCUT2D eigenvalue weighted by atomic mass is 11.0. The summed E-state index contributed by atoms with van der Waals surface area (Å²) in [7, 11) is -3.48. The van der Waals surface area contributed by atoms with E-state index in [9.17, 15) is 13.2 Å². The molecule has 0 radical (unpaired) electrons. The van der Waals surface area contributed by atoms with Crippen molar-refractivity contribution in [2.45, 2.75) is 18.1 Å². The van der Waals surface area contributed by atoms with Crippen LogP contribution in [0.1, 0.15) is 12.8 Å². The molecule has 0 aromatic heterocycles. The number of hydrogen-bond donors (Lipinski definition) is 1. The summed E-state index contributed by atoms with van der Waals surface area (Å²) in [6, 6.07) is 0. The van der Waals surface area contributed by atoms with E-state index in [-0.39, 0.29) is 0 Å². The number of rotatable bonds is 3. The number of carbonyl (C=O) groups is 1. The topological polar surface area (TPSA) is 72.5 Å². The molecule has 0 bridgehead atoms. The number of amides is 1. The SMILES string of the molecule is C=COC(=O)NS(=O)(=O)C1CC1. The zero-order valence-corrected chi connectivity index (χ0v) is 7.13. The van der Waals surface area contributed by atoms with Crippen LogP contribution in [-0.2, 0) is 14.8 Å². The lowest BCUT2D eigenvalue weighted by molar-refractivity contribution is 0.192. The van der Waals surface area contributed by atoms with E-state index < -0.39 is 21.4 Å². The van der Waals surface area contributed by atoms with Crippen molar-refractivity contribution in [3.05, 3.63) is 12.8 Å². The molecule has 1 rings (SSSR count). The molecule has 5 nitrogen and oxygen atoms in total. The van der Waals surface area contributed by atoms with E-state index in [1.165, 1.54) is 0 Å². The van der Waals surface area contributed by atoms with Crippen molar-refractivity contribution in [3.63, 3.8) is 0 Å². The Labute approximate surface area is 70.5 Å². The zero-order chi connectivity index (χ0) is 9.19. The third-order valence-electron chi connectivity index (χ3n) is 1.38. The van der Waals surface area contributed by atoms with Gasteiger partial charge in [-0.25, -0.2) is 17.9 Å². The van der Waals surface area contributed by atoms with E-state index in [1.54, 1.807) is 4.72 Å². The van der Waals surface area contributed by atoms with Crippen molar-refractivity contribution in [1.29, 1.82) is 0 Å². The summed E-state index contributed by atoms with van der Waals surface area (Å²) in [4.78, 5) is 10.6. The molecule has 1 fully saturated rings. The first-order chi connectivity index (χ1) is 5.56. The third-order valence-corrected chi connectivity index (χ3v) is 3.18. The van der Waals surface area contributed by atoms with Crippen LogP contribution in [0.15, 0.2) is 12.8 Å². The molecule has 0 heterocycles. The Kier molecular flexibility index (Phi) is 2.37. The van der Waals surface area contributed by atoms with Crippen LogP contribution < -0.4 is 4.72 Å². The number of nitrogens with one attached hydrogen (secondary N) is 1. The van der Waals surface area contributed by atoms with E-state index in [0.717, 1.165) is 6.26 Å². The average molecular weight is 191 g/mol. The third kappa shape index (κ3) is 2.23. The second kappa shape index (κ2) is 3.14. The van der Waals surface area contributed by atoms with Crippen LogP contribution in [0.25, 0.3) is 0 Å². The molecule has 1 saturated carbocycles. The predicted molar refractivity (Wildman–Crippen MR) is 41.8 cm³/mol. The van der Waals surface area contributed by atoms with Gasteiger partial charge in [-0.3, -0.25) is 0 Å². The minimum Gasteiger partial charge on any atom is -0.418 e. The van der Waals surface area contributed by atoms with Gasteiger partial charge in [0.2, 0.25) is 10.0 Å². The van der Waals surface area contributed by atoms with Crippen LogP contribution in [0.4, 0.5) is 4.79 Å². The molecule has 12 heavy (non-hydrogen) atoms. The summed E-state index contributed by atoms with van der Waals surface area (Å²) in [5, 5.41) is -0.421. The lowest BCUT2D eigenvalue weighted by Crippen LogP contribution is -2.32. The van der Waals surface area contributed by atoms with Gasteiger partial charge >= 0.3 is 6.09 Å². The maximum Gasteiger partial charge on any atom is 0.425 e. The van der Waals surface area contributed by atoms with Crippen LogP contribution in [-0.4, -0.2) is 19.8 Å². The first-order valence-electron chi connectivity index (χ1n) is 3.39. The molecule has 0 aromatic carbocycles. The maximum atomic E-state index is 11.0. The van der Waals surface area contributed by atoms with E-state index in [2.05, 4.69) is 11.3 Å². The number of carbonyl (C=O) groups excluding carboxylic acids is 1. The van der Waals surface area contributed by atoms with Gasteiger partial charge in [-0.15, -0.1) is 0 Å². The van der Waals surface area contributed by atoms with Gasteiger partial charge in [-0.1, -0.05) is 6.58 Å². The highest BCUT2D eigenvalue weighted by atomic mass is 32.2. The highest BCUT2D eigenvalue weighted by Gasteiger charge is 2.37. The fourth-order valence-corrected chi connectivity index (χ4v) is 1.88. The fourth-order valence-electron chi connectivity index (χ4n) is 0.678. The lowest BCUT2D eigenvalue weighted by Gasteiger charge is -2.02. The number of sulfonamides is 1. The normalized spacial score (nSPS) is 16.7. The maximum absolute atomic E-state index is 11.0. The van der Waals surface area contributed by atoms with Crippen molar-refractivity contribution < 1.29 is 17.9 Å². The molecule has 6 heteroatoms. The molecular formula is C6H9NO4S. The van der Waals surface area contributed by atoms with Crippen LogP contribution in [0.3, 0.4) is 0 Å². The second-order valence-electron chi connectivity index (χ2n) is 2.42. The largest absolute Gasteiger partial charge is 0.425 e. The van der Waals surface area contributed by atoms with Gasteiger partial charge in [0, 0.05) is 0 Å². The summed E-state index contributed by atoms with van der Waals surface area (Å²) < 4.78 is 28.0. The molecule has 1 amide bonds. The fraction of sp³-hybridized carbons (Fsp3) is 0.500. The van der Waals surface area contributed by atoms with Gasteiger partial charge in [0.1, 0.15) is 0 Å². The van der Waals surface area contributed by atoms with Gasteiger partial charge < -0.3 is 4.74 Å². The van der Waals surface area contributed by atoms with Crippen LogP contribution >= 0.6 is 0 Å². The van der Waals surface area contributed by atoms with Crippen molar-refractivity contribution >= 4 is 16.1 Å². The highest BCUT2D eigenvalue weighted by molar-refractivity contribution is 7.90. The second-order valence-corrected chi connectivity index (χ2v) is 4.38. The minimum absolute atomic E-state index is 0.421. The molecule has 0 saturated heterocycles. The van der Waals surface area contributed by atoms with Crippen molar-refractivity contribution in [3.8, 4) is 0 Å². The van der Waals surface area contributed by atoms with E-state index in [0.29, 0.717) is 12.8 Å². The van der Waals surface area contributed by atoms with Gasteiger partial charge in [0.25, 0.3) is 0 Å². The van der Waals surface area contributed by atoms with Crippen molar-refractivity contribution in [2.24, 2.45) is 0 Å². The van der Waals surface area contributed by atoms with Crippen molar-refractivity contribution in [1.82, 2.24) is 4.72 Å². The zero-order valence-electron chi connectivity index (χ0n) is 6.32. The monoisotopic (exact) mass is 191 g/mol. The van der Waals surface area contributed by atoms with Crippen LogP contribution in [0.2, 0.25) is 0 Å². The summed E-state index contributed by atoms with van der Waals surface area (Å²) in [6.45, 7) is 3.11. The molecule has 0 spiro atoms. The standard InChI is InChI=1S/C6H9NO4S/c1-2-11-6(8)7-12(9,10)5-3-4-5/h2,5H,1,3-4H2,(H,7,8). The molecule has 0 aromatic rings. The smallest absolute Gasteiger partial charge is 0.418 e. The Morgan fingerprint density at radius 3 is 2.58 bits per heavy atom. The summed E-state index contributed by atoms with van der Waals surface area (Å²) >= 11 is 0. The van der Waals surface area contributed by atoms with E-state index >= 15 is 0 Å². The van der Waals surface area contributed by atoms with E-state index in [4.69, 9.17) is 0 Å². The minimum atomic E-state index is -3.48. The van der Waals surface area contributed by atoms with Gasteiger partial charge in [0.15, 0.2) is 0 Å². The Balaban J connectivity index is 2.49. The van der Waals surface area contributed by atoms with E-state index in [1.807, 2.05) is 0 Å². The molecule has 1 aliphatic carbocycles. The molecule has 0 atom stereocenters. The Morgan fingerprint density at radius 1 is 1.58 bits per heavy atom. The summed E-state index contributed by atoms with van der Waals surface area (Å²) in [5.74, 6) is 0. The molecule has 0 aliphatic heterocycles. The molecule has 1 N–H and O–H groups in total. The molecular weight excluding hydrogens is 182 g/mol. The van der Waals surface area contributed by atoms with Gasteiger partial charge in [0.05, 0.1) is 11.5 Å².